The fourth-order valence-electron chi connectivity index (χ4n) is 2.44. The first kappa shape index (κ1) is 17.4. The summed E-state index contributed by atoms with van der Waals surface area (Å²) in [5, 5.41) is 8.09. The lowest BCUT2D eigenvalue weighted by molar-refractivity contribution is -0.118. The van der Waals surface area contributed by atoms with E-state index in [9.17, 15) is 4.79 Å². The van der Waals surface area contributed by atoms with Crippen molar-refractivity contribution in [3.63, 3.8) is 0 Å². The van der Waals surface area contributed by atoms with Crippen molar-refractivity contribution in [1.82, 2.24) is 10.3 Å². The van der Waals surface area contributed by atoms with Crippen LogP contribution in [-0.4, -0.2) is 23.4 Å². The van der Waals surface area contributed by atoms with Crippen LogP contribution in [0.15, 0.2) is 41.1 Å². The monoisotopic (exact) mass is 404 g/mol. The minimum Gasteiger partial charge on any atom is -0.454 e. The van der Waals surface area contributed by atoms with Gasteiger partial charge in [0, 0.05) is 17.7 Å². The van der Waals surface area contributed by atoms with Gasteiger partial charge in [0.2, 0.25) is 12.7 Å². The van der Waals surface area contributed by atoms with Crippen LogP contribution in [0, 0.1) is 0 Å². The molecule has 0 saturated carbocycles. The van der Waals surface area contributed by atoms with E-state index in [0.29, 0.717) is 12.3 Å². The van der Waals surface area contributed by atoms with E-state index in [0.717, 1.165) is 33.5 Å². The van der Waals surface area contributed by atoms with E-state index in [4.69, 9.17) is 9.47 Å². The van der Waals surface area contributed by atoms with Gasteiger partial charge >= 0.3 is 0 Å². The van der Waals surface area contributed by atoms with E-state index in [1.165, 1.54) is 4.88 Å². The lowest BCUT2D eigenvalue weighted by Gasteiger charge is -2.06. The molecule has 1 aromatic carbocycles. The van der Waals surface area contributed by atoms with Gasteiger partial charge in [-0.25, -0.2) is 4.98 Å². The van der Waals surface area contributed by atoms with Crippen molar-refractivity contribution in [2.75, 3.05) is 12.5 Å². The number of benzene rings is 1. The molecule has 8 heteroatoms. The molecule has 26 heavy (non-hydrogen) atoms. The van der Waals surface area contributed by atoms with E-state index in [2.05, 4.69) is 27.1 Å². The SMILES string of the molecule is O=C(CSCc1csc(-c2cccs2)n1)NCc1ccc2c(c1)OCO2. The zero-order valence-corrected chi connectivity index (χ0v) is 16.2. The van der Waals surface area contributed by atoms with Crippen LogP contribution in [0.1, 0.15) is 11.3 Å². The largest absolute Gasteiger partial charge is 0.454 e. The molecule has 134 valence electrons. The Morgan fingerprint density at radius 2 is 2.15 bits per heavy atom. The van der Waals surface area contributed by atoms with Crippen LogP contribution in [0.5, 0.6) is 11.5 Å². The van der Waals surface area contributed by atoms with Gasteiger partial charge in [-0.05, 0) is 29.1 Å². The number of aromatic nitrogens is 1. The Labute approximate surface area is 163 Å². The lowest BCUT2D eigenvalue weighted by atomic mass is 10.2. The highest BCUT2D eigenvalue weighted by atomic mass is 32.2. The topological polar surface area (TPSA) is 60.5 Å². The summed E-state index contributed by atoms with van der Waals surface area (Å²) in [6, 6.07) is 9.80. The van der Waals surface area contributed by atoms with Gasteiger partial charge in [-0.2, -0.15) is 0 Å². The molecule has 4 rings (SSSR count). The quantitative estimate of drug-likeness (QED) is 0.641. The van der Waals surface area contributed by atoms with Crippen LogP contribution in [0.25, 0.3) is 9.88 Å². The van der Waals surface area contributed by atoms with Crippen LogP contribution < -0.4 is 14.8 Å². The zero-order valence-electron chi connectivity index (χ0n) is 13.8. The third-order valence-electron chi connectivity index (χ3n) is 3.69. The van der Waals surface area contributed by atoms with Crippen molar-refractivity contribution < 1.29 is 14.3 Å². The van der Waals surface area contributed by atoms with E-state index in [1.54, 1.807) is 34.4 Å². The smallest absolute Gasteiger partial charge is 0.231 e. The fourth-order valence-corrected chi connectivity index (χ4v) is 4.92. The summed E-state index contributed by atoms with van der Waals surface area (Å²) in [5.41, 5.74) is 2.01. The van der Waals surface area contributed by atoms with Gasteiger partial charge < -0.3 is 14.8 Å². The van der Waals surface area contributed by atoms with Gasteiger partial charge in [0.05, 0.1) is 16.3 Å². The zero-order chi connectivity index (χ0) is 17.8. The van der Waals surface area contributed by atoms with E-state index in [-0.39, 0.29) is 12.7 Å². The molecule has 1 aliphatic heterocycles. The molecule has 0 spiro atoms. The average Bonchev–Trinajstić information content (AvgIpc) is 3.39. The molecule has 0 bridgehead atoms. The maximum Gasteiger partial charge on any atom is 0.231 e. The van der Waals surface area contributed by atoms with Gasteiger partial charge in [0.25, 0.3) is 0 Å². The maximum absolute atomic E-state index is 12.0. The highest BCUT2D eigenvalue weighted by Crippen LogP contribution is 2.32. The molecule has 1 aliphatic rings. The highest BCUT2D eigenvalue weighted by Gasteiger charge is 2.13. The second-order valence-electron chi connectivity index (χ2n) is 5.58. The molecule has 2 aromatic heterocycles. The standard InChI is InChI=1S/C18H16N2O3S3/c21-17(19-7-12-3-4-14-15(6-12)23-11-22-14)10-24-8-13-9-26-18(20-13)16-2-1-5-25-16/h1-6,9H,7-8,10-11H2,(H,19,21). The molecule has 0 fully saturated rings. The minimum absolute atomic E-state index is 0.0152. The van der Waals surface area contributed by atoms with E-state index >= 15 is 0 Å². The molecule has 3 heterocycles. The van der Waals surface area contributed by atoms with Crippen molar-refractivity contribution in [3.05, 3.63) is 52.3 Å². The normalized spacial score (nSPS) is 12.3. The van der Waals surface area contributed by atoms with E-state index in [1.807, 2.05) is 24.3 Å². The molecule has 3 aromatic rings. The van der Waals surface area contributed by atoms with E-state index < -0.39 is 0 Å². The summed E-state index contributed by atoms with van der Waals surface area (Å²) in [4.78, 5) is 17.8. The molecular weight excluding hydrogens is 388 g/mol. The molecule has 0 unspecified atom stereocenters. The summed E-state index contributed by atoms with van der Waals surface area (Å²) in [5.74, 6) is 2.65. The van der Waals surface area contributed by atoms with Crippen molar-refractivity contribution in [2.45, 2.75) is 12.3 Å². The number of fused-ring (bicyclic) bond motifs is 1. The van der Waals surface area contributed by atoms with Gasteiger partial charge in [-0.15, -0.1) is 34.4 Å². The Morgan fingerprint density at radius 1 is 1.23 bits per heavy atom. The number of nitrogens with one attached hydrogen (secondary N) is 1. The number of rotatable bonds is 7. The maximum atomic E-state index is 12.0. The summed E-state index contributed by atoms with van der Waals surface area (Å²) in [6.07, 6.45) is 0. The Hall–Kier alpha value is -2.03. The Bertz CT molecular complexity index is 893. The average molecular weight is 405 g/mol. The number of hydrogen-bond acceptors (Lipinski definition) is 7. The fraction of sp³-hybridized carbons (Fsp3) is 0.222. The second-order valence-corrected chi connectivity index (χ2v) is 8.37. The molecule has 0 radical (unpaired) electrons. The van der Waals surface area contributed by atoms with Crippen LogP contribution in [-0.2, 0) is 17.1 Å². The van der Waals surface area contributed by atoms with Gasteiger partial charge in [0.15, 0.2) is 11.5 Å². The molecule has 0 saturated heterocycles. The van der Waals surface area contributed by atoms with Gasteiger partial charge in [-0.1, -0.05) is 12.1 Å². The first-order valence-electron chi connectivity index (χ1n) is 7.99. The highest BCUT2D eigenvalue weighted by molar-refractivity contribution is 7.99. The summed E-state index contributed by atoms with van der Waals surface area (Å²) >= 11 is 4.91. The molecule has 0 atom stereocenters. The number of thiophene rings is 1. The van der Waals surface area contributed by atoms with Gasteiger partial charge in [0.1, 0.15) is 5.01 Å². The third kappa shape index (κ3) is 4.20. The molecule has 1 N–H and O–H groups in total. The summed E-state index contributed by atoms with van der Waals surface area (Å²) < 4.78 is 10.6. The second kappa shape index (κ2) is 8.11. The molecule has 1 amide bonds. The number of carbonyl (C=O) groups is 1. The van der Waals surface area contributed by atoms with Crippen LogP contribution in [0.3, 0.4) is 0 Å². The van der Waals surface area contributed by atoms with Crippen LogP contribution >= 0.6 is 34.4 Å². The number of ether oxygens (including phenoxy) is 2. The molecule has 5 nitrogen and oxygen atoms in total. The Morgan fingerprint density at radius 3 is 3.04 bits per heavy atom. The van der Waals surface area contributed by atoms with Crippen molar-refractivity contribution in [1.29, 1.82) is 0 Å². The predicted octanol–water partition coefficient (Wildman–Crippen LogP) is 4.15. The third-order valence-corrected chi connectivity index (χ3v) is 6.59. The summed E-state index contributed by atoms with van der Waals surface area (Å²) in [6.45, 7) is 0.738. The lowest BCUT2D eigenvalue weighted by Crippen LogP contribution is -2.24. The van der Waals surface area contributed by atoms with Crippen LogP contribution in [0.2, 0.25) is 0 Å². The van der Waals surface area contributed by atoms with Crippen molar-refractivity contribution >= 4 is 40.3 Å². The summed E-state index contributed by atoms with van der Waals surface area (Å²) in [7, 11) is 0. The molecule has 0 aliphatic carbocycles. The first-order chi connectivity index (χ1) is 12.8. The number of hydrogen-bond donors (Lipinski definition) is 1. The van der Waals surface area contributed by atoms with Crippen molar-refractivity contribution in [2.24, 2.45) is 0 Å². The number of thiazole rings is 1. The van der Waals surface area contributed by atoms with Crippen LogP contribution in [0.4, 0.5) is 0 Å². The number of amides is 1. The number of carbonyl (C=O) groups excluding carboxylic acids is 1. The first-order valence-corrected chi connectivity index (χ1v) is 10.9. The predicted molar refractivity (Wildman–Crippen MR) is 106 cm³/mol. The number of thioether (sulfide) groups is 1. The Kier molecular flexibility index (Phi) is 5.42. The van der Waals surface area contributed by atoms with Gasteiger partial charge in [-0.3, -0.25) is 4.79 Å². The minimum atomic E-state index is 0.0152. The van der Waals surface area contributed by atoms with Crippen molar-refractivity contribution in [3.8, 4) is 21.4 Å². The molecular formula is C18H16N2O3S3. The Balaban J connectivity index is 1.21. The number of nitrogens with zero attached hydrogens (tertiary/aromatic N) is 1.